The molecule has 0 spiro atoms. The zero-order valence-corrected chi connectivity index (χ0v) is 16.1. The third kappa shape index (κ3) is 4.55. The molecule has 0 saturated carbocycles. The van der Waals surface area contributed by atoms with Gasteiger partial charge in [-0.25, -0.2) is 4.39 Å². The number of hydrogen-bond acceptors (Lipinski definition) is 6. The summed E-state index contributed by atoms with van der Waals surface area (Å²) in [5.74, 6) is 0.312. The SMILES string of the molecule is O=C(NCc1ccc(F)cc1)c1noc2c1CNC(C(=O)COc1ccccc1)C2. The molecule has 2 N–H and O–H groups in total. The summed E-state index contributed by atoms with van der Waals surface area (Å²) in [6, 6.07) is 14.5. The fraction of sp³-hybridized carbons (Fsp3) is 0.227. The van der Waals surface area contributed by atoms with Gasteiger partial charge in [0.1, 0.15) is 23.9 Å². The van der Waals surface area contributed by atoms with Gasteiger partial charge >= 0.3 is 0 Å². The predicted octanol–water partition coefficient (Wildman–Crippen LogP) is 2.41. The van der Waals surface area contributed by atoms with E-state index in [-0.39, 0.29) is 36.4 Å². The number of aromatic nitrogens is 1. The van der Waals surface area contributed by atoms with Crippen molar-refractivity contribution in [1.29, 1.82) is 0 Å². The van der Waals surface area contributed by atoms with E-state index in [2.05, 4.69) is 15.8 Å². The minimum atomic E-state index is -0.468. The first-order valence-electron chi connectivity index (χ1n) is 9.54. The van der Waals surface area contributed by atoms with Gasteiger partial charge in [-0.15, -0.1) is 0 Å². The summed E-state index contributed by atoms with van der Waals surface area (Å²) in [5, 5.41) is 9.75. The van der Waals surface area contributed by atoms with Crippen molar-refractivity contribution in [2.45, 2.75) is 25.6 Å². The Balaban J connectivity index is 1.33. The maximum Gasteiger partial charge on any atom is 0.274 e. The van der Waals surface area contributed by atoms with Crippen molar-refractivity contribution < 1.29 is 23.2 Å². The van der Waals surface area contributed by atoms with Gasteiger partial charge in [0, 0.05) is 25.1 Å². The number of rotatable bonds is 7. The molecule has 1 aliphatic rings. The largest absolute Gasteiger partial charge is 0.486 e. The van der Waals surface area contributed by atoms with E-state index in [9.17, 15) is 14.0 Å². The molecule has 2 aromatic carbocycles. The van der Waals surface area contributed by atoms with Crippen LogP contribution in [0.3, 0.4) is 0 Å². The van der Waals surface area contributed by atoms with Gasteiger partial charge in [-0.2, -0.15) is 0 Å². The van der Waals surface area contributed by atoms with Crippen LogP contribution in [0.25, 0.3) is 0 Å². The molecular weight excluding hydrogens is 389 g/mol. The van der Waals surface area contributed by atoms with Crippen LogP contribution in [0, 0.1) is 5.82 Å². The van der Waals surface area contributed by atoms with Crippen molar-refractivity contribution in [3.63, 3.8) is 0 Å². The maximum absolute atomic E-state index is 13.0. The number of ketones is 1. The number of hydrogen-bond donors (Lipinski definition) is 2. The minimum absolute atomic E-state index is 0.0594. The van der Waals surface area contributed by atoms with Crippen molar-refractivity contribution in [2.75, 3.05) is 6.61 Å². The summed E-state index contributed by atoms with van der Waals surface area (Å²) in [6.07, 6.45) is 0.296. The van der Waals surface area contributed by atoms with Crippen LogP contribution in [0.15, 0.2) is 59.1 Å². The number of halogens is 1. The number of nitrogens with one attached hydrogen (secondary N) is 2. The Bertz CT molecular complexity index is 1030. The van der Waals surface area contributed by atoms with Crippen LogP contribution in [-0.4, -0.2) is 29.5 Å². The second-order valence-electron chi connectivity index (χ2n) is 6.95. The average molecular weight is 409 g/mol. The molecule has 1 aromatic heterocycles. The molecule has 1 aliphatic heterocycles. The highest BCUT2D eigenvalue weighted by Crippen LogP contribution is 2.21. The zero-order valence-electron chi connectivity index (χ0n) is 16.1. The number of nitrogens with zero attached hydrogens (tertiary/aromatic N) is 1. The molecule has 0 aliphatic carbocycles. The normalized spacial score (nSPS) is 15.3. The number of Topliss-reactive ketones (excluding diaryl/α,β-unsaturated/α-hetero) is 1. The lowest BCUT2D eigenvalue weighted by atomic mass is 9.98. The van der Waals surface area contributed by atoms with Crippen LogP contribution in [0.5, 0.6) is 5.75 Å². The molecule has 2 heterocycles. The molecule has 3 aromatic rings. The van der Waals surface area contributed by atoms with Gasteiger partial charge in [0.15, 0.2) is 11.5 Å². The molecule has 154 valence electrons. The van der Waals surface area contributed by atoms with Crippen LogP contribution >= 0.6 is 0 Å². The first kappa shape index (κ1) is 19.8. The summed E-state index contributed by atoms with van der Waals surface area (Å²) >= 11 is 0. The summed E-state index contributed by atoms with van der Waals surface area (Å²) in [6.45, 7) is 0.474. The molecule has 0 saturated heterocycles. The molecule has 0 radical (unpaired) electrons. The first-order valence-corrected chi connectivity index (χ1v) is 9.54. The maximum atomic E-state index is 13.0. The van der Waals surface area contributed by atoms with Crippen LogP contribution < -0.4 is 15.4 Å². The fourth-order valence-corrected chi connectivity index (χ4v) is 3.21. The van der Waals surface area contributed by atoms with Gasteiger partial charge in [0.2, 0.25) is 0 Å². The van der Waals surface area contributed by atoms with Crippen LogP contribution in [0.1, 0.15) is 27.4 Å². The number of amides is 1. The van der Waals surface area contributed by atoms with Crippen LogP contribution in [-0.2, 0) is 24.3 Å². The number of benzene rings is 2. The number of carbonyl (C=O) groups is 2. The number of fused-ring (bicyclic) bond motifs is 1. The highest BCUT2D eigenvalue weighted by Gasteiger charge is 2.31. The Morgan fingerprint density at radius 3 is 2.70 bits per heavy atom. The minimum Gasteiger partial charge on any atom is -0.486 e. The molecule has 1 amide bonds. The number of ether oxygens (including phenoxy) is 1. The lowest BCUT2D eigenvalue weighted by Crippen LogP contribution is -2.44. The molecule has 0 fully saturated rings. The quantitative estimate of drug-likeness (QED) is 0.623. The monoisotopic (exact) mass is 409 g/mol. The van der Waals surface area contributed by atoms with E-state index in [0.29, 0.717) is 30.0 Å². The van der Waals surface area contributed by atoms with Crippen molar-refractivity contribution in [1.82, 2.24) is 15.8 Å². The molecule has 8 heteroatoms. The summed E-state index contributed by atoms with van der Waals surface area (Å²) in [7, 11) is 0. The van der Waals surface area contributed by atoms with Crippen LogP contribution in [0.4, 0.5) is 4.39 Å². The number of para-hydroxylation sites is 1. The lowest BCUT2D eigenvalue weighted by molar-refractivity contribution is -0.123. The predicted molar refractivity (Wildman–Crippen MR) is 105 cm³/mol. The second kappa shape index (κ2) is 8.87. The van der Waals surface area contributed by atoms with E-state index in [0.717, 1.165) is 5.56 Å². The van der Waals surface area contributed by atoms with Crippen molar-refractivity contribution in [3.8, 4) is 5.75 Å². The molecule has 1 atom stereocenters. The Labute approximate surface area is 172 Å². The lowest BCUT2D eigenvalue weighted by Gasteiger charge is -2.21. The van der Waals surface area contributed by atoms with Gasteiger partial charge in [0.25, 0.3) is 5.91 Å². The molecule has 1 unspecified atom stereocenters. The van der Waals surface area contributed by atoms with Gasteiger partial charge in [-0.05, 0) is 29.8 Å². The van der Waals surface area contributed by atoms with Gasteiger partial charge in [-0.3, -0.25) is 9.59 Å². The average Bonchev–Trinajstić information content (AvgIpc) is 3.21. The highest BCUT2D eigenvalue weighted by molar-refractivity contribution is 5.94. The van der Waals surface area contributed by atoms with Crippen molar-refractivity contribution >= 4 is 11.7 Å². The summed E-state index contributed by atoms with van der Waals surface area (Å²) in [5.41, 5.74) is 1.59. The summed E-state index contributed by atoms with van der Waals surface area (Å²) in [4.78, 5) is 24.9. The Morgan fingerprint density at radius 1 is 1.17 bits per heavy atom. The van der Waals surface area contributed by atoms with Gasteiger partial charge < -0.3 is 19.9 Å². The first-order chi connectivity index (χ1) is 14.6. The van der Waals surface area contributed by atoms with E-state index < -0.39 is 6.04 Å². The van der Waals surface area contributed by atoms with Crippen molar-refractivity contribution in [2.24, 2.45) is 0 Å². The van der Waals surface area contributed by atoms with Crippen LogP contribution in [0.2, 0.25) is 0 Å². The standard InChI is InChI=1S/C22H20FN3O4/c23-15-8-6-14(7-9-15)11-25-22(28)21-17-12-24-18(10-20(17)30-26-21)19(27)13-29-16-4-2-1-3-5-16/h1-9,18,24H,10-13H2,(H,25,28). The van der Waals surface area contributed by atoms with Crippen molar-refractivity contribution in [3.05, 3.63) is 83.0 Å². The molecule has 4 rings (SSSR count). The smallest absolute Gasteiger partial charge is 0.274 e. The molecule has 30 heavy (non-hydrogen) atoms. The summed E-state index contributed by atoms with van der Waals surface area (Å²) < 4.78 is 23.8. The van der Waals surface area contributed by atoms with E-state index in [1.54, 1.807) is 24.3 Å². The molecular formula is C22H20FN3O4. The second-order valence-corrected chi connectivity index (χ2v) is 6.95. The zero-order chi connectivity index (χ0) is 20.9. The Kier molecular flexibility index (Phi) is 5.85. The number of carbonyl (C=O) groups excluding carboxylic acids is 2. The third-order valence-electron chi connectivity index (χ3n) is 4.88. The van der Waals surface area contributed by atoms with E-state index in [1.165, 1.54) is 12.1 Å². The van der Waals surface area contributed by atoms with E-state index >= 15 is 0 Å². The Morgan fingerprint density at radius 2 is 1.93 bits per heavy atom. The fourth-order valence-electron chi connectivity index (χ4n) is 3.21. The molecule has 7 nitrogen and oxygen atoms in total. The topological polar surface area (TPSA) is 93.5 Å². The Hall–Kier alpha value is -3.52. The van der Waals surface area contributed by atoms with E-state index in [1.807, 2.05) is 18.2 Å². The van der Waals surface area contributed by atoms with Gasteiger partial charge in [-0.1, -0.05) is 35.5 Å². The van der Waals surface area contributed by atoms with Gasteiger partial charge in [0.05, 0.1) is 6.04 Å². The highest BCUT2D eigenvalue weighted by atomic mass is 19.1. The van der Waals surface area contributed by atoms with E-state index in [4.69, 9.17) is 9.26 Å². The molecule has 0 bridgehead atoms. The third-order valence-corrected chi connectivity index (χ3v) is 4.88.